The molecule has 0 aromatic heterocycles. The molecule has 1 heterocycles. The average molecular weight is 358 g/mol. The number of ether oxygens (including phenoxy) is 3. The van der Waals surface area contributed by atoms with Crippen LogP contribution in [0.1, 0.15) is 54.4 Å². The topological polar surface area (TPSA) is 85.9 Å². The van der Waals surface area contributed by atoms with Crippen molar-refractivity contribution in [3.8, 4) is 0 Å². The molecule has 1 unspecified atom stereocenters. The molecule has 0 bridgehead atoms. The number of hydrogen-bond donors (Lipinski definition) is 2. The first-order valence-electron chi connectivity index (χ1n) is 9.06. The molecule has 1 atom stereocenters. The second-order valence-electron chi connectivity index (χ2n) is 8.12. The van der Waals surface area contributed by atoms with Crippen molar-refractivity contribution in [3.63, 3.8) is 0 Å². The van der Waals surface area contributed by atoms with Crippen molar-refractivity contribution < 1.29 is 23.8 Å². The van der Waals surface area contributed by atoms with Gasteiger partial charge in [0.05, 0.1) is 25.4 Å². The minimum Gasteiger partial charge on any atom is -0.465 e. The summed E-state index contributed by atoms with van der Waals surface area (Å²) in [6.45, 7) is 13.1. The molecule has 0 aromatic rings. The molecule has 2 N–H and O–H groups in total. The van der Waals surface area contributed by atoms with Crippen LogP contribution in [0.15, 0.2) is 0 Å². The summed E-state index contributed by atoms with van der Waals surface area (Å²) in [7, 11) is 0. The molecule has 7 heteroatoms. The number of amides is 1. The standard InChI is InChI=1S/C18H34N2O5/c1-7-8-24-15(21)14(9-13(2)3)20-18(11-23-12-18)10-19-16(22)25-17(4,5)6/h13-14,20H,7-12H2,1-6H3,(H,19,22). The summed E-state index contributed by atoms with van der Waals surface area (Å²) >= 11 is 0. The number of esters is 1. The predicted octanol–water partition coefficient (Wildman–Crippen LogP) is 2.24. The van der Waals surface area contributed by atoms with Crippen molar-refractivity contribution in [2.24, 2.45) is 5.92 Å². The molecule has 25 heavy (non-hydrogen) atoms. The lowest BCUT2D eigenvalue weighted by Gasteiger charge is -2.44. The van der Waals surface area contributed by atoms with E-state index in [1.165, 1.54) is 0 Å². The maximum absolute atomic E-state index is 12.3. The Morgan fingerprint density at radius 3 is 2.32 bits per heavy atom. The van der Waals surface area contributed by atoms with Gasteiger partial charge in [0, 0.05) is 6.54 Å². The van der Waals surface area contributed by atoms with Crippen LogP contribution in [0.4, 0.5) is 4.79 Å². The quantitative estimate of drug-likeness (QED) is 0.615. The Hall–Kier alpha value is -1.34. The van der Waals surface area contributed by atoms with Gasteiger partial charge in [0.1, 0.15) is 11.6 Å². The van der Waals surface area contributed by atoms with Crippen LogP contribution >= 0.6 is 0 Å². The lowest BCUT2D eigenvalue weighted by Crippen LogP contribution is -2.69. The van der Waals surface area contributed by atoms with Crippen molar-refractivity contribution in [2.45, 2.75) is 71.6 Å². The molecule has 0 aliphatic carbocycles. The van der Waals surface area contributed by atoms with Crippen LogP contribution in [0, 0.1) is 5.92 Å². The van der Waals surface area contributed by atoms with Gasteiger partial charge in [-0.1, -0.05) is 20.8 Å². The summed E-state index contributed by atoms with van der Waals surface area (Å²) in [6.07, 6.45) is 0.972. The van der Waals surface area contributed by atoms with Gasteiger partial charge < -0.3 is 19.5 Å². The first kappa shape index (κ1) is 21.7. The minimum atomic E-state index is -0.551. The third-order valence-electron chi connectivity index (χ3n) is 3.65. The molecule has 146 valence electrons. The van der Waals surface area contributed by atoms with E-state index in [1.807, 2.05) is 27.7 Å². The van der Waals surface area contributed by atoms with Crippen molar-refractivity contribution >= 4 is 12.1 Å². The molecule has 1 amide bonds. The monoisotopic (exact) mass is 358 g/mol. The average Bonchev–Trinajstić information content (AvgIpc) is 2.43. The zero-order chi connectivity index (χ0) is 19.1. The van der Waals surface area contributed by atoms with Gasteiger partial charge in [0.15, 0.2) is 0 Å². The Morgan fingerprint density at radius 2 is 1.88 bits per heavy atom. The Morgan fingerprint density at radius 1 is 1.24 bits per heavy atom. The van der Waals surface area contributed by atoms with Crippen LogP contribution < -0.4 is 10.6 Å². The highest BCUT2D eigenvalue weighted by molar-refractivity contribution is 5.76. The maximum atomic E-state index is 12.3. The summed E-state index contributed by atoms with van der Waals surface area (Å²) in [4.78, 5) is 24.2. The van der Waals surface area contributed by atoms with Crippen LogP contribution in [0.2, 0.25) is 0 Å². The Bertz CT molecular complexity index is 441. The number of nitrogens with one attached hydrogen (secondary N) is 2. The zero-order valence-corrected chi connectivity index (χ0v) is 16.4. The van der Waals surface area contributed by atoms with Gasteiger partial charge in [-0.05, 0) is 39.5 Å². The van der Waals surface area contributed by atoms with Gasteiger partial charge in [-0.3, -0.25) is 10.1 Å². The normalized spacial score (nSPS) is 17.6. The third kappa shape index (κ3) is 8.05. The fourth-order valence-electron chi connectivity index (χ4n) is 2.50. The van der Waals surface area contributed by atoms with Gasteiger partial charge in [-0.2, -0.15) is 0 Å². The lowest BCUT2D eigenvalue weighted by atomic mass is 9.93. The number of carbonyl (C=O) groups excluding carboxylic acids is 2. The first-order chi connectivity index (χ1) is 11.6. The SMILES string of the molecule is CCCOC(=O)C(CC(C)C)NC1(CNC(=O)OC(C)(C)C)COC1. The molecule has 1 rings (SSSR count). The highest BCUT2D eigenvalue weighted by Gasteiger charge is 2.42. The van der Waals surface area contributed by atoms with E-state index < -0.39 is 23.3 Å². The van der Waals surface area contributed by atoms with Crippen LogP contribution in [0.3, 0.4) is 0 Å². The van der Waals surface area contributed by atoms with Gasteiger partial charge in [-0.25, -0.2) is 4.79 Å². The number of rotatable bonds is 9. The van der Waals surface area contributed by atoms with E-state index in [0.717, 1.165) is 6.42 Å². The van der Waals surface area contributed by atoms with E-state index >= 15 is 0 Å². The molecule has 1 saturated heterocycles. The molecular formula is C18H34N2O5. The van der Waals surface area contributed by atoms with E-state index in [-0.39, 0.29) is 5.97 Å². The molecule has 1 aliphatic heterocycles. The second kappa shape index (κ2) is 9.38. The highest BCUT2D eigenvalue weighted by atomic mass is 16.6. The molecule has 0 aromatic carbocycles. The van der Waals surface area contributed by atoms with Gasteiger partial charge in [-0.15, -0.1) is 0 Å². The number of carbonyl (C=O) groups is 2. The Balaban J connectivity index is 2.64. The van der Waals surface area contributed by atoms with Crippen molar-refractivity contribution in [3.05, 3.63) is 0 Å². The van der Waals surface area contributed by atoms with Crippen molar-refractivity contribution in [1.29, 1.82) is 0 Å². The summed E-state index contributed by atoms with van der Waals surface area (Å²) < 4.78 is 15.9. The van der Waals surface area contributed by atoms with Crippen molar-refractivity contribution in [1.82, 2.24) is 10.6 Å². The van der Waals surface area contributed by atoms with Gasteiger partial charge in [0.2, 0.25) is 0 Å². The number of hydrogen-bond acceptors (Lipinski definition) is 6. The summed E-state index contributed by atoms with van der Waals surface area (Å²) in [5, 5.41) is 6.12. The van der Waals surface area contributed by atoms with Gasteiger partial charge in [0.25, 0.3) is 0 Å². The molecule has 1 fully saturated rings. The van der Waals surface area contributed by atoms with E-state index in [0.29, 0.717) is 38.7 Å². The first-order valence-corrected chi connectivity index (χ1v) is 9.06. The smallest absolute Gasteiger partial charge is 0.407 e. The Labute approximate surface area is 151 Å². The highest BCUT2D eigenvalue weighted by Crippen LogP contribution is 2.20. The van der Waals surface area contributed by atoms with E-state index in [2.05, 4.69) is 24.5 Å². The summed E-state index contributed by atoms with van der Waals surface area (Å²) in [6, 6.07) is -0.420. The molecule has 7 nitrogen and oxygen atoms in total. The zero-order valence-electron chi connectivity index (χ0n) is 16.4. The van der Waals surface area contributed by atoms with E-state index in [1.54, 1.807) is 0 Å². The largest absolute Gasteiger partial charge is 0.465 e. The van der Waals surface area contributed by atoms with Crippen LogP contribution in [0.5, 0.6) is 0 Å². The molecule has 1 aliphatic rings. The van der Waals surface area contributed by atoms with Crippen LogP contribution in [-0.4, -0.2) is 55.6 Å². The molecule has 0 radical (unpaired) electrons. The van der Waals surface area contributed by atoms with Crippen LogP contribution in [0.25, 0.3) is 0 Å². The summed E-state index contributed by atoms with van der Waals surface area (Å²) in [5.74, 6) is 0.0858. The molecular weight excluding hydrogens is 324 g/mol. The van der Waals surface area contributed by atoms with E-state index in [9.17, 15) is 9.59 Å². The predicted molar refractivity (Wildman–Crippen MR) is 95.4 cm³/mol. The minimum absolute atomic E-state index is 0.251. The molecule has 0 saturated carbocycles. The summed E-state index contributed by atoms with van der Waals surface area (Å²) in [5.41, 5.74) is -1.02. The fourth-order valence-corrected chi connectivity index (χ4v) is 2.50. The van der Waals surface area contributed by atoms with Gasteiger partial charge >= 0.3 is 12.1 Å². The lowest BCUT2D eigenvalue weighted by molar-refractivity contribution is -0.150. The van der Waals surface area contributed by atoms with Crippen LogP contribution in [-0.2, 0) is 19.0 Å². The third-order valence-corrected chi connectivity index (χ3v) is 3.65. The maximum Gasteiger partial charge on any atom is 0.407 e. The van der Waals surface area contributed by atoms with Crippen molar-refractivity contribution in [2.75, 3.05) is 26.4 Å². The van der Waals surface area contributed by atoms with E-state index in [4.69, 9.17) is 14.2 Å². The fraction of sp³-hybridized carbons (Fsp3) is 0.889. The number of alkyl carbamates (subject to hydrolysis) is 1. The second-order valence-corrected chi connectivity index (χ2v) is 8.12. The Kier molecular flexibility index (Phi) is 8.15. The molecule has 0 spiro atoms.